The molecule has 0 aromatic heterocycles. The first kappa shape index (κ1) is 31.4. The maximum Gasteiger partial charge on any atom is 0.323 e. The lowest BCUT2D eigenvalue weighted by atomic mass is 9.77. The summed E-state index contributed by atoms with van der Waals surface area (Å²) in [6, 6.07) is 0. The van der Waals surface area contributed by atoms with Gasteiger partial charge in [0, 0.05) is 0 Å². The summed E-state index contributed by atoms with van der Waals surface area (Å²) in [7, 11) is 0. The number of esters is 2. The number of rotatable bonds is 24. The van der Waals surface area contributed by atoms with Gasteiger partial charge in [-0.15, -0.1) is 13.2 Å². The van der Waals surface area contributed by atoms with Crippen LogP contribution in [0.5, 0.6) is 0 Å². The molecule has 0 N–H and O–H groups in total. The summed E-state index contributed by atoms with van der Waals surface area (Å²) in [5, 5.41) is 0. The topological polar surface area (TPSA) is 52.6 Å². The summed E-state index contributed by atoms with van der Waals surface area (Å²) < 4.78 is 10.8. The van der Waals surface area contributed by atoms with E-state index in [1.165, 1.54) is 51.4 Å². The summed E-state index contributed by atoms with van der Waals surface area (Å²) in [5.74, 6) is -0.783. The first-order chi connectivity index (χ1) is 16.1. The highest BCUT2D eigenvalue weighted by molar-refractivity contribution is 6.00. The van der Waals surface area contributed by atoms with E-state index in [0.29, 0.717) is 12.8 Å². The maximum absolute atomic E-state index is 13.0. The van der Waals surface area contributed by atoms with Gasteiger partial charge >= 0.3 is 11.9 Å². The zero-order valence-electron chi connectivity index (χ0n) is 21.8. The molecule has 0 aliphatic carbocycles. The Bertz CT molecular complexity index is 466. The van der Waals surface area contributed by atoms with Gasteiger partial charge in [0.25, 0.3) is 0 Å². The van der Waals surface area contributed by atoms with E-state index in [9.17, 15) is 9.59 Å². The van der Waals surface area contributed by atoms with Gasteiger partial charge in [-0.1, -0.05) is 89.2 Å². The van der Waals surface area contributed by atoms with Crippen LogP contribution in [0.4, 0.5) is 0 Å². The second kappa shape index (κ2) is 22.2. The Morgan fingerprint density at radius 1 is 0.576 bits per heavy atom. The second-order valence-corrected chi connectivity index (χ2v) is 9.13. The molecule has 0 unspecified atom stereocenters. The number of carbonyl (C=O) groups excluding carboxylic acids is 2. The number of hydrogen-bond donors (Lipinski definition) is 0. The predicted molar refractivity (Wildman–Crippen MR) is 139 cm³/mol. The zero-order chi connectivity index (χ0) is 24.6. The largest absolute Gasteiger partial charge is 0.465 e. The molecule has 0 rings (SSSR count). The molecule has 0 bridgehead atoms. The quantitative estimate of drug-likeness (QED) is 0.0622. The minimum absolute atomic E-state index is 0.287. The molecule has 0 aliphatic heterocycles. The maximum atomic E-state index is 13.0. The standard InChI is InChI=1S/C29H52O4/c1-5-9-11-13-15-17-19-21-23-25-29(27(30)32-7-3,28(31)33-8-4)26-24-22-20-18-16-14-12-10-6-2/h5-6H,1-2,7-26H2,3-4H3. The summed E-state index contributed by atoms with van der Waals surface area (Å²) in [4.78, 5) is 26.0. The third-order valence-electron chi connectivity index (χ3n) is 6.36. The van der Waals surface area contributed by atoms with Crippen LogP contribution >= 0.6 is 0 Å². The summed E-state index contributed by atoms with van der Waals surface area (Å²) >= 11 is 0. The molecule has 192 valence electrons. The molecular weight excluding hydrogens is 412 g/mol. The molecule has 0 radical (unpaired) electrons. The predicted octanol–water partition coefficient (Wildman–Crippen LogP) is 8.49. The summed E-state index contributed by atoms with van der Waals surface area (Å²) in [5.41, 5.74) is -1.14. The number of hydrogen-bond acceptors (Lipinski definition) is 4. The van der Waals surface area contributed by atoms with Gasteiger partial charge in [-0.25, -0.2) is 0 Å². The van der Waals surface area contributed by atoms with Crippen molar-refractivity contribution >= 4 is 11.9 Å². The third-order valence-corrected chi connectivity index (χ3v) is 6.36. The van der Waals surface area contributed by atoms with Crippen LogP contribution < -0.4 is 0 Å². The Labute approximate surface area is 204 Å². The number of ether oxygens (including phenoxy) is 2. The minimum atomic E-state index is -1.14. The molecule has 33 heavy (non-hydrogen) atoms. The highest BCUT2D eigenvalue weighted by Gasteiger charge is 2.47. The second-order valence-electron chi connectivity index (χ2n) is 9.13. The van der Waals surface area contributed by atoms with Crippen LogP contribution in [0.2, 0.25) is 0 Å². The molecule has 0 aromatic carbocycles. The summed E-state index contributed by atoms with van der Waals surface area (Å²) in [6.45, 7) is 11.7. The zero-order valence-corrected chi connectivity index (χ0v) is 21.8. The average molecular weight is 465 g/mol. The molecule has 0 saturated heterocycles. The molecule has 0 saturated carbocycles. The average Bonchev–Trinajstić information content (AvgIpc) is 2.80. The highest BCUT2D eigenvalue weighted by Crippen LogP contribution is 2.35. The number of carbonyl (C=O) groups is 2. The van der Waals surface area contributed by atoms with Gasteiger partial charge in [0.1, 0.15) is 0 Å². The van der Waals surface area contributed by atoms with E-state index >= 15 is 0 Å². The van der Waals surface area contributed by atoms with Gasteiger partial charge in [-0.2, -0.15) is 0 Å². The van der Waals surface area contributed by atoms with Crippen molar-refractivity contribution in [3.63, 3.8) is 0 Å². The lowest BCUT2D eigenvalue weighted by molar-refractivity contribution is -0.173. The molecule has 0 atom stereocenters. The van der Waals surface area contributed by atoms with Gasteiger partial charge in [0.2, 0.25) is 0 Å². The Kier molecular flexibility index (Phi) is 21.2. The fraction of sp³-hybridized carbons (Fsp3) is 0.793. The van der Waals surface area contributed by atoms with Crippen LogP contribution in [0.1, 0.15) is 129 Å². The fourth-order valence-electron chi connectivity index (χ4n) is 4.35. The van der Waals surface area contributed by atoms with Gasteiger partial charge in [-0.3, -0.25) is 9.59 Å². The van der Waals surface area contributed by atoms with Crippen LogP contribution in [0, 0.1) is 5.41 Å². The molecule has 0 fully saturated rings. The minimum Gasteiger partial charge on any atom is -0.465 e. The van der Waals surface area contributed by atoms with E-state index in [2.05, 4.69) is 13.2 Å². The van der Waals surface area contributed by atoms with Gasteiger partial charge in [0.05, 0.1) is 13.2 Å². The van der Waals surface area contributed by atoms with E-state index in [1.807, 2.05) is 12.2 Å². The molecule has 4 heteroatoms. The molecule has 0 aliphatic rings. The van der Waals surface area contributed by atoms with Crippen molar-refractivity contribution in [3.8, 4) is 0 Å². The first-order valence-corrected chi connectivity index (χ1v) is 13.6. The van der Waals surface area contributed by atoms with Crippen molar-refractivity contribution in [1.29, 1.82) is 0 Å². The van der Waals surface area contributed by atoms with E-state index in [4.69, 9.17) is 9.47 Å². The van der Waals surface area contributed by atoms with E-state index < -0.39 is 17.4 Å². The number of allylic oxidation sites excluding steroid dienone is 2. The Morgan fingerprint density at radius 3 is 1.18 bits per heavy atom. The molecule has 0 spiro atoms. The smallest absolute Gasteiger partial charge is 0.323 e. The summed E-state index contributed by atoms with van der Waals surface area (Å²) in [6.07, 6.45) is 23.1. The number of unbranched alkanes of at least 4 members (excludes halogenated alkanes) is 14. The first-order valence-electron chi connectivity index (χ1n) is 13.6. The van der Waals surface area contributed by atoms with Gasteiger partial charge < -0.3 is 9.47 Å². The molecule has 4 nitrogen and oxygen atoms in total. The highest BCUT2D eigenvalue weighted by atomic mass is 16.6. The Morgan fingerprint density at radius 2 is 0.879 bits per heavy atom. The van der Waals surface area contributed by atoms with Crippen molar-refractivity contribution in [2.75, 3.05) is 13.2 Å². The van der Waals surface area contributed by atoms with E-state index in [0.717, 1.165) is 51.4 Å². The fourth-order valence-corrected chi connectivity index (χ4v) is 4.35. The van der Waals surface area contributed by atoms with Crippen molar-refractivity contribution in [3.05, 3.63) is 25.3 Å². The molecular formula is C29H52O4. The monoisotopic (exact) mass is 464 g/mol. The normalized spacial score (nSPS) is 11.2. The molecule has 0 amide bonds. The van der Waals surface area contributed by atoms with Crippen molar-refractivity contribution in [1.82, 2.24) is 0 Å². The van der Waals surface area contributed by atoms with Crippen LogP contribution in [0.25, 0.3) is 0 Å². The van der Waals surface area contributed by atoms with E-state index in [-0.39, 0.29) is 13.2 Å². The Hall–Kier alpha value is -1.58. The third kappa shape index (κ3) is 15.0. The van der Waals surface area contributed by atoms with Gasteiger partial charge in [0.15, 0.2) is 5.41 Å². The molecule has 0 heterocycles. The van der Waals surface area contributed by atoms with Crippen LogP contribution in [0.3, 0.4) is 0 Å². The Balaban J connectivity index is 4.66. The van der Waals surface area contributed by atoms with Gasteiger partial charge in [-0.05, 0) is 52.4 Å². The van der Waals surface area contributed by atoms with Crippen molar-refractivity contribution in [2.45, 2.75) is 129 Å². The molecule has 0 aromatic rings. The van der Waals surface area contributed by atoms with Crippen LogP contribution in [0.15, 0.2) is 25.3 Å². The van der Waals surface area contributed by atoms with Crippen molar-refractivity contribution < 1.29 is 19.1 Å². The SMILES string of the molecule is C=CCCCCCCCCCC(CCCCCCCCCC=C)(C(=O)OCC)C(=O)OCC. The van der Waals surface area contributed by atoms with E-state index in [1.54, 1.807) is 13.8 Å². The lowest BCUT2D eigenvalue weighted by Gasteiger charge is -2.29. The lowest BCUT2D eigenvalue weighted by Crippen LogP contribution is -2.42. The van der Waals surface area contributed by atoms with Crippen LogP contribution in [-0.4, -0.2) is 25.2 Å². The van der Waals surface area contributed by atoms with Crippen molar-refractivity contribution in [2.24, 2.45) is 5.41 Å². The van der Waals surface area contributed by atoms with Crippen LogP contribution in [-0.2, 0) is 19.1 Å².